The van der Waals surface area contributed by atoms with E-state index in [9.17, 15) is 0 Å². The number of hydrogen-bond acceptors (Lipinski definition) is 4. The fraction of sp³-hybridized carbons (Fsp3) is 0.500. The van der Waals surface area contributed by atoms with Gasteiger partial charge in [-0.3, -0.25) is 0 Å². The lowest BCUT2D eigenvalue weighted by molar-refractivity contribution is 0.393. The topological polar surface area (TPSA) is 51.8 Å². The fourth-order valence-corrected chi connectivity index (χ4v) is 3.68. The highest BCUT2D eigenvalue weighted by Crippen LogP contribution is 2.38. The molecule has 1 aliphatic rings. The number of halogens is 2. The summed E-state index contributed by atoms with van der Waals surface area (Å²) in [6, 6.07) is 0. The summed E-state index contributed by atoms with van der Waals surface area (Å²) in [4.78, 5) is 9.19. The van der Waals surface area contributed by atoms with E-state index in [4.69, 9.17) is 21.1 Å². The van der Waals surface area contributed by atoms with E-state index in [1.54, 1.807) is 0 Å². The van der Waals surface area contributed by atoms with E-state index in [2.05, 4.69) is 32.7 Å². The van der Waals surface area contributed by atoms with Gasteiger partial charge in [-0.25, -0.2) is 9.97 Å². The first kappa shape index (κ1) is 14.3. The number of rotatable bonds is 2. The largest absolute Gasteiger partial charge is 0.361 e. The molecule has 0 saturated heterocycles. The van der Waals surface area contributed by atoms with Crippen LogP contribution in [-0.2, 0) is 0 Å². The Balaban J connectivity index is 2.13. The van der Waals surface area contributed by atoms with Crippen molar-refractivity contribution in [3.05, 3.63) is 25.9 Å². The first-order chi connectivity index (χ1) is 9.58. The zero-order valence-electron chi connectivity index (χ0n) is 11.4. The summed E-state index contributed by atoms with van der Waals surface area (Å²) in [7, 11) is 0. The van der Waals surface area contributed by atoms with Gasteiger partial charge in [0.1, 0.15) is 10.9 Å². The molecule has 2 heterocycles. The third kappa shape index (κ3) is 2.45. The number of aryl methyl sites for hydroxylation is 2. The van der Waals surface area contributed by atoms with Crippen LogP contribution in [0.4, 0.5) is 0 Å². The maximum Gasteiger partial charge on any atom is 0.166 e. The van der Waals surface area contributed by atoms with Crippen molar-refractivity contribution >= 4 is 34.2 Å². The molecule has 0 N–H and O–H groups in total. The highest BCUT2D eigenvalue weighted by Gasteiger charge is 2.25. The molecule has 0 radical (unpaired) electrons. The minimum absolute atomic E-state index is 0.502. The first-order valence-corrected chi connectivity index (χ1v) is 8.19. The van der Waals surface area contributed by atoms with E-state index in [0.717, 1.165) is 26.3 Å². The lowest BCUT2D eigenvalue weighted by atomic mass is 10.0. The standard InChI is InChI=1S/C14H15ClIN3O/c1-7-10(8(2)20-19-7)14-17-12(9-5-3-4-6-9)11(16)13(15)18-14/h9H,3-6H2,1-2H3. The summed E-state index contributed by atoms with van der Waals surface area (Å²) in [5, 5.41) is 4.50. The Hall–Kier alpha value is -0.690. The Morgan fingerprint density at radius 1 is 1.20 bits per heavy atom. The van der Waals surface area contributed by atoms with Crippen LogP contribution in [0.25, 0.3) is 11.4 Å². The third-order valence-electron chi connectivity index (χ3n) is 3.84. The molecule has 106 valence electrons. The molecule has 1 aliphatic carbocycles. The van der Waals surface area contributed by atoms with Crippen LogP contribution in [0.2, 0.25) is 5.15 Å². The van der Waals surface area contributed by atoms with E-state index in [1.165, 1.54) is 25.7 Å². The molecule has 0 aromatic carbocycles. The van der Waals surface area contributed by atoms with Crippen molar-refractivity contribution in [1.29, 1.82) is 0 Å². The van der Waals surface area contributed by atoms with Gasteiger partial charge in [-0.1, -0.05) is 29.6 Å². The molecule has 0 aliphatic heterocycles. The highest BCUT2D eigenvalue weighted by molar-refractivity contribution is 14.1. The zero-order chi connectivity index (χ0) is 14.3. The zero-order valence-corrected chi connectivity index (χ0v) is 14.3. The molecule has 2 aromatic heterocycles. The Morgan fingerprint density at radius 2 is 1.90 bits per heavy atom. The van der Waals surface area contributed by atoms with Gasteiger partial charge in [0.15, 0.2) is 5.82 Å². The van der Waals surface area contributed by atoms with Crippen molar-refractivity contribution < 1.29 is 4.52 Å². The molecule has 1 fully saturated rings. The Kier molecular flexibility index (Phi) is 3.99. The van der Waals surface area contributed by atoms with E-state index in [1.807, 2.05) is 13.8 Å². The van der Waals surface area contributed by atoms with Gasteiger partial charge in [-0.15, -0.1) is 0 Å². The van der Waals surface area contributed by atoms with Gasteiger partial charge in [-0.2, -0.15) is 0 Å². The Morgan fingerprint density at radius 3 is 2.50 bits per heavy atom. The monoisotopic (exact) mass is 403 g/mol. The van der Waals surface area contributed by atoms with Gasteiger partial charge in [0, 0.05) is 5.92 Å². The molecule has 0 unspecified atom stereocenters. The lowest BCUT2D eigenvalue weighted by Crippen LogP contribution is -2.05. The molecule has 0 spiro atoms. The quantitative estimate of drug-likeness (QED) is 0.540. The Labute approximate surface area is 136 Å². The van der Waals surface area contributed by atoms with Crippen LogP contribution in [0.5, 0.6) is 0 Å². The van der Waals surface area contributed by atoms with Crippen LogP contribution in [0, 0.1) is 17.4 Å². The second kappa shape index (κ2) is 5.60. The van der Waals surface area contributed by atoms with Gasteiger partial charge in [0.05, 0.1) is 20.5 Å². The van der Waals surface area contributed by atoms with Crippen molar-refractivity contribution in [2.24, 2.45) is 0 Å². The van der Waals surface area contributed by atoms with E-state index in [0.29, 0.717) is 16.9 Å². The lowest BCUT2D eigenvalue weighted by Gasteiger charge is -2.13. The molecule has 0 amide bonds. The second-order valence-electron chi connectivity index (χ2n) is 5.22. The van der Waals surface area contributed by atoms with E-state index >= 15 is 0 Å². The number of hydrogen-bond donors (Lipinski definition) is 0. The van der Waals surface area contributed by atoms with Crippen LogP contribution in [0.3, 0.4) is 0 Å². The molecule has 6 heteroatoms. The molecular weight excluding hydrogens is 389 g/mol. The van der Waals surface area contributed by atoms with Crippen LogP contribution in [0.1, 0.15) is 48.7 Å². The van der Waals surface area contributed by atoms with Gasteiger partial charge >= 0.3 is 0 Å². The molecule has 4 nitrogen and oxygen atoms in total. The maximum atomic E-state index is 6.31. The molecule has 20 heavy (non-hydrogen) atoms. The molecule has 0 atom stereocenters. The summed E-state index contributed by atoms with van der Waals surface area (Å²) in [6.45, 7) is 3.77. The summed E-state index contributed by atoms with van der Waals surface area (Å²) < 4.78 is 6.19. The van der Waals surface area contributed by atoms with Crippen LogP contribution in [-0.4, -0.2) is 15.1 Å². The minimum atomic E-state index is 0.502. The molecule has 0 bridgehead atoms. The van der Waals surface area contributed by atoms with Gasteiger partial charge < -0.3 is 4.52 Å². The van der Waals surface area contributed by atoms with E-state index < -0.39 is 0 Å². The van der Waals surface area contributed by atoms with Crippen molar-refractivity contribution in [3.8, 4) is 11.4 Å². The average molecular weight is 404 g/mol. The highest BCUT2D eigenvalue weighted by atomic mass is 127. The normalized spacial score (nSPS) is 16.0. The number of nitrogens with zero attached hydrogens (tertiary/aromatic N) is 3. The smallest absolute Gasteiger partial charge is 0.166 e. The fourth-order valence-electron chi connectivity index (χ4n) is 2.82. The molecule has 3 rings (SSSR count). The summed E-state index contributed by atoms with van der Waals surface area (Å²) in [5.74, 6) is 1.87. The third-order valence-corrected chi connectivity index (χ3v) is 5.49. The van der Waals surface area contributed by atoms with Crippen molar-refractivity contribution in [2.75, 3.05) is 0 Å². The van der Waals surface area contributed by atoms with E-state index in [-0.39, 0.29) is 0 Å². The maximum absolute atomic E-state index is 6.31. The van der Waals surface area contributed by atoms with Gasteiger partial charge in [0.25, 0.3) is 0 Å². The molecule has 1 saturated carbocycles. The van der Waals surface area contributed by atoms with Crippen LogP contribution >= 0.6 is 34.2 Å². The van der Waals surface area contributed by atoms with Crippen molar-refractivity contribution in [1.82, 2.24) is 15.1 Å². The predicted molar refractivity (Wildman–Crippen MR) is 85.9 cm³/mol. The van der Waals surface area contributed by atoms with Crippen molar-refractivity contribution in [3.63, 3.8) is 0 Å². The van der Waals surface area contributed by atoms with Gasteiger partial charge in [-0.05, 0) is 49.3 Å². The first-order valence-electron chi connectivity index (χ1n) is 6.74. The summed E-state index contributed by atoms with van der Waals surface area (Å²) in [5.41, 5.74) is 2.75. The predicted octanol–water partition coefficient (Wildman–Crippen LogP) is 4.66. The SMILES string of the molecule is Cc1noc(C)c1-c1nc(Cl)c(I)c(C2CCCC2)n1. The second-order valence-corrected chi connectivity index (χ2v) is 6.65. The summed E-state index contributed by atoms with van der Waals surface area (Å²) >= 11 is 8.56. The molecule has 2 aromatic rings. The van der Waals surface area contributed by atoms with Crippen LogP contribution in [0.15, 0.2) is 4.52 Å². The van der Waals surface area contributed by atoms with Crippen molar-refractivity contribution in [2.45, 2.75) is 45.4 Å². The minimum Gasteiger partial charge on any atom is -0.361 e. The average Bonchev–Trinajstić information content (AvgIpc) is 3.04. The van der Waals surface area contributed by atoms with Crippen LogP contribution < -0.4 is 0 Å². The Bertz CT molecular complexity index is 631. The number of aromatic nitrogens is 3. The summed E-state index contributed by atoms with van der Waals surface area (Å²) in [6.07, 6.45) is 4.90. The molecular formula is C14H15ClIN3O. The van der Waals surface area contributed by atoms with Gasteiger partial charge in [0.2, 0.25) is 0 Å².